The molecular formula is C19H23NO. The van der Waals surface area contributed by atoms with E-state index in [4.69, 9.17) is 4.74 Å². The summed E-state index contributed by atoms with van der Waals surface area (Å²) >= 11 is 0. The van der Waals surface area contributed by atoms with Gasteiger partial charge in [0.1, 0.15) is 5.75 Å². The third kappa shape index (κ3) is 3.27. The third-order valence-electron chi connectivity index (χ3n) is 4.28. The number of hydrogen-bond acceptors (Lipinski definition) is 2. The Labute approximate surface area is 127 Å². The predicted octanol–water partition coefficient (Wildman–Crippen LogP) is 4.42. The van der Waals surface area contributed by atoms with E-state index in [2.05, 4.69) is 48.6 Å². The van der Waals surface area contributed by atoms with Crippen LogP contribution in [0.25, 0.3) is 0 Å². The monoisotopic (exact) mass is 281 g/mol. The Bertz CT molecular complexity index is 604. The summed E-state index contributed by atoms with van der Waals surface area (Å²) in [6.07, 6.45) is 2.69. The molecular weight excluding hydrogens is 258 g/mol. The molecule has 21 heavy (non-hydrogen) atoms. The first-order chi connectivity index (χ1) is 10.3. The zero-order valence-electron chi connectivity index (χ0n) is 12.8. The highest BCUT2D eigenvalue weighted by Crippen LogP contribution is 2.41. The SMILES string of the molecule is COc1ccccc1[C@H](C)NCc1ccccc1C1CC1. The first kappa shape index (κ1) is 14.2. The normalized spacial score (nSPS) is 15.7. The number of para-hydroxylation sites is 1. The molecule has 0 heterocycles. The summed E-state index contributed by atoms with van der Waals surface area (Å²) in [6.45, 7) is 3.10. The predicted molar refractivity (Wildman–Crippen MR) is 86.7 cm³/mol. The Morgan fingerprint density at radius 2 is 1.81 bits per heavy atom. The maximum Gasteiger partial charge on any atom is 0.123 e. The molecule has 1 N–H and O–H groups in total. The van der Waals surface area contributed by atoms with Gasteiger partial charge in [-0.1, -0.05) is 42.5 Å². The summed E-state index contributed by atoms with van der Waals surface area (Å²) in [5, 5.41) is 3.63. The topological polar surface area (TPSA) is 21.3 Å². The van der Waals surface area contributed by atoms with Crippen LogP contribution in [-0.2, 0) is 6.54 Å². The zero-order valence-corrected chi connectivity index (χ0v) is 12.8. The van der Waals surface area contributed by atoms with Crippen LogP contribution >= 0.6 is 0 Å². The van der Waals surface area contributed by atoms with Gasteiger partial charge in [-0.15, -0.1) is 0 Å². The number of hydrogen-bond donors (Lipinski definition) is 1. The van der Waals surface area contributed by atoms with Crippen molar-refractivity contribution < 1.29 is 4.74 Å². The van der Waals surface area contributed by atoms with Crippen LogP contribution in [0.4, 0.5) is 0 Å². The van der Waals surface area contributed by atoms with Crippen LogP contribution in [0.2, 0.25) is 0 Å². The van der Waals surface area contributed by atoms with Gasteiger partial charge < -0.3 is 10.1 Å². The lowest BCUT2D eigenvalue weighted by molar-refractivity contribution is 0.401. The highest BCUT2D eigenvalue weighted by molar-refractivity contribution is 5.36. The molecule has 0 amide bonds. The van der Waals surface area contributed by atoms with E-state index in [1.165, 1.54) is 29.5 Å². The van der Waals surface area contributed by atoms with E-state index in [1.807, 2.05) is 12.1 Å². The molecule has 0 radical (unpaired) electrons. The molecule has 0 saturated heterocycles. The minimum atomic E-state index is 0.272. The summed E-state index contributed by atoms with van der Waals surface area (Å²) < 4.78 is 5.45. The minimum absolute atomic E-state index is 0.272. The fraction of sp³-hybridized carbons (Fsp3) is 0.368. The Hall–Kier alpha value is -1.80. The summed E-state index contributed by atoms with van der Waals surface area (Å²) in [4.78, 5) is 0. The lowest BCUT2D eigenvalue weighted by Gasteiger charge is -2.18. The van der Waals surface area contributed by atoms with Gasteiger partial charge in [0.25, 0.3) is 0 Å². The van der Waals surface area contributed by atoms with Crippen LogP contribution < -0.4 is 10.1 Å². The van der Waals surface area contributed by atoms with Gasteiger partial charge in [0.2, 0.25) is 0 Å². The second kappa shape index (κ2) is 6.31. The lowest BCUT2D eigenvalue weighted by Crippen LogP contribution is -2.19. The van der Waals surface area contributed by atoms with Crippen molar-refractivity contribution in [2.24, 2.45) is 0 Å². The van der Waals surface area contributed by atoms with Crippen molar-refractivity contribution in [2.75, 3.05) is 7.11 Å². The molecule has 0 aliphatic heterocycles. The highest BCUT2D eigenvalue weighted by atomic mass is 16.5. The number of benzene rings is 2. The maximum atomic E-state index is 5.45. The molecule has 1 atom stereocenters. The fourth-order valence-electron chi connectivity index (χ4n) is 2.88. The van der Waals surface area contributed by atoms with Crippen molar-refractivity contribution in [3.63, 3.8) is 0 Å². The van der Waals surface area contributed by atoms with E-state index < -0.39 is 0 Å². The van der Waals surface area contributed by atoms with E-state index in [-0.39, 0.29) is 6.04 Å². The van der Waals surface area contributed by atoms with Gasteiger partial charge in [-0.2, -0.15) is 0 Å². The van der Waals surface area contributed by atoms with Crippen LogP contribution in [0.15, 0.2) is 48.5 Å². The largest absolute Gasteiger partial charge is 0.496 e. The van der Waals surface area contributed by atoms with Crippen LogP contribution in [0.3, 0.4) is 0 Å². The molecule has 110 valence electrons. The fourth-order valence-corrected chi connectivity index (χ4v) is 2.88. The molecule has 2 aromatic carbocycles. The van der Waals surface area contributed by atoms with Crippen LogP contribution in [0, 0.1) is 0 Å². The summed E-state index contributed by atoms with van der Waals surface area (Å²) in [5.74, 6) is 1.75. The van der Waals surface area contributed by atoms with Gasteiger partial charge >= 0.3 is 0 Å². The lowest BCUT2D eigenvalue weighted by atomic mass is 10.0. The molecule has 0 aromatic heterocycles. The van der Waals surface area contributed by atoms with Crippen molar-refractivity contribution in [1.29, 1.82) is 0 Å². The molecule has 0 unspecified atom stereocenters. The Balaban J connectivity index is 1.70. The summed E-state index contributed by atoms with van der Waals surface area (Å²) in [7, 11) is 1.73. The number of rotatable bonds is 6. The summed E-state index contributed by atoms with van der Waals surface area (Å²) in [6, 6.07) is 17.3. The molecule has 1 aliphatic rings. The number of methoxy groups -OCH3 is 1. The minimum Gasteiger partial charge on any atom is -0.496 e. The molecule has 2 heteroatoms. The van der Waals surface area contributed by atoms with E-state index >= 15 is 0 Å². The molecule has 1 aliphatic carbocycles. The number of nitrogens with one attached hydrogen (secondary N) is 1. The van der Waals surface area contributed by atoms with Gasteiger partial charge in [-0.05, 0) is 42.9 Å². The van der Waals surface area contributed by atoms with Crippen LogP contribution in [0.5, 0.6) is 5.75 Å². The molecule has 2 aromatic rings. The van der Waals surface area contributed by atoms with E-state index in [1.54, 1.807) is 7.11 Å². The average Bonchev–Trinajstić information content (AvgIpc) is 3.37. The van der Waals surface area contributed by atoms with Crippen molar-refractivity contribution >= 4 is 0 Å². The molecule has 0 spiro atoms. The van der Waals surface area contributed by atoms with E-state index in [0.29, 0.717) is 0 Å². The maximum absolute atomic E-state index is 5.45. The quantitative estimate of drug-likeness (QED) is 0.846. The third-order valence-corrected chi connectivity index (χ3v) is 4.28. The van der Waals surface area contributed by atoms with E-state index in [9.17, 15) is 0 Å². The van der Waals surface area contributed by atoms with Gasteiger partial charge in [0, 0.05) is 18.2 Å². The second-order valence-corrected chi connectivity index (χ2v) is 5.82. The summed E-state index contributed by atoms with van der Waals surface area (Å²) in [5.41, 5.74) is 4.17. The van der Waals surface area contributed by atoms with Gasteiger partial charge in [-0.25, -0.2) is 0 Å². The Morgan fingerprint density at radius 3 is 2.57 bits per heavy atom. The van der Waals surface area contributed by atoms with Gasteiger partial charge in [-0.3, -0.25) is 0 Å². The van der Waals surface area contributed by atoms with Crippen molar-refractivity contribution in [3.8, 4) is 5.75 Å². The highest BCUT2D eigenvalue weighted by Gasteiger charge is 2.25. The van der Waals surface area contributed by atoms with E-state index in [0.717, 1.165) is 18.2 Å². The average molecular weight is 281 g/mol. The smallest absolute Gasteiger partial charge is 0.123 e. The molecule has 0 bridgehead atoms. The van der Waals surface area contributed by atoms with Crippen molar-refractivity contribution in [1.82, 2.24) is 5.32 Å². The number of ether oxygens (including phenoxy) is 1. The molecule has 3 rings (SSSR count). The van der Waals surface area contributed by atoms with Crippen molar-refractivity contribution in [2.45, 2.75) is 38.3 Å². The van der Waals surface area contributed by atoms with Gasteiger partial charge in [0.05, 0.1) is 7.11 Å². The van der Waals surface area contributed by atoms with Gasteiger partial charge in [0.15, 0.2) is 0 Å². The standard InChI is InChI=1S/C19H23NO/c1-14(17-8-5-6-10-19(17)21-2)20-13-16-7-3-4-9-18(16)15-11-12-15/h3-10,14-15,20H,11-13H2,1-2H3/t14-/m0/s1. The second-order valence-electron chi connectivity index (χ2n) is 5.82. The van der Waals surface area contributed by atoms with Crippen LogP contribution in [-0.4, -0.2) is 7.11 Å². The molecule has 1 fully saturated rings. The molecule has 2 nitrogen and oxygen atoms in total. The Morgan fingerprint density at radius 1 is 1.10 bits per heavy atom. The molecule has 1 saturated carbocycles. The Kier molecular flexibility index (Phi) is 4.26. The first-order valence-corrected chi connectivity index (χ1v) is 7.73. The van der Waals surface area contributed by atoms with Crippen molar-refractivity contribution in [3.05, 3.63) is 65.2 Å². The zero-order chi connectivity index (χ0) is 14.7. The first-order valence-electron chi connectivity index (χ1n) is 7.73. The van der Waals surface area contributed by atoms with Crippen LogP contribution in [0.1, 0.15) is 48.4 Å².